The van der Waals surface area contributed by atoms with E-state index >= 15 is 0 Å². The summed E-state index contributed by atoms with van der Waals surface area (Å²) in [5, 5.41) is 10.2. The molecule has 6 nitrogen and oxygen atoms in total. The quantitative estimate of drug-likeness (QED) is 0.823. The Balaban J connectivity index is 1.77. The molecule has 19 heavy (non-hydrogen) atoms. The third-order valence-electron chi connectivity index (χ3n) is 3.40. The van der Waals surface area contributed by atoms with Gasteiger partial charge in [-0.2, -0.15) is 21.2 Å². The molecule has 8 heteroatoms. The van der Waals surface area contributed by atoms with Crippen molar-refractivity contribution < 1.29 is 8.42 Å². The van der Waals surface area contributed by atoms with Crippen LogP contribution in [0.3, 0.4) is 0 Å². The van der Waals surface area contributed by atoms with Crippen LogP contribution < -0.4 is 5.32 Å². The number of rotatable bonds is 5. The van der Waals surface area contributed by atoms with Gasteiger partial charge in [0, 0.05) is 42.7 Å². The standard InChI is InChI=1S/C11H18N4O2S2/c16-19(17,15-3-5-18-6-4-15)11-9(8-13-14-11)7-12-10-1-2-10/h8,10,12H,1-7H2,(H,13,14). The fourth-order valence-corrected chi connectivity index (χ4v) is 4.79. The maximum atomic E-state index is 12.5. The Bertz CT molecular complexity index is 533. The first kappa shape index (κ1) is 13.4. The Morgan fingerprint density at radius 2 is 2.16 bits per heavy atom. The molecule has 1 aliphatic carbocycles. The number of nitrogens with one attached hydrogen (secondary N) is 2. The smallest absolute Gasteiger partial charge is 0.260 e. The molecular formula is C11H18N4O2S2. The number of thioether (sulfide) groups is 1. The van der Waals surface area contributed by atoms with Gasteiger partial charge in [-0.25, -0.2) is 8.42 Å². The lowest BCUT2D eigenvalue weighted by Gasteiger charge is -2.25. The molecule has 0 aromatic carbocycles. The van der Waals surface area contributed by atoms with E-state index in [4.69, 9.17) is 0 Å². The molecule has 1 aromatic heterocycles. The Kier molecular flexibility index (Phi) is 3.84. The zero-order valence-corrected chi connectivity index (χ0v) is 12.3. The van der Waals surface area contributed by atoms with Crippen molar-refractivity contribution in [1.82, 2.24) is 19.8 Å². The van der Waals surface area contributed by atoms with Crippen molar-refractivity contribution in [3.63, 3.8) is 0 Å². The number of sulfonamides is 1. The second-order valence-electron chi connectivity index (χ2n) is 4.90. The highest BCUT2D eigenvalue weighted by Crippen LogP contribution is 2.23. The molecule has 1 saturated carbocycles. The van der Waals surface area contributed by atoms with Gasteiger partial charge in [0.25, 0.3) is 10.0 Å². The topological polar surface area (TPSA) is 78.1 Å². The van der Waals surface area contributed by atoms with Gasteiger partial charge in [0.1, 0.15) is 0 Å². The number of aromatic nitrogens is 2. The van der Waals surface area contributed by atoms with E-state index in [2.05, 4.69) is 15.5 Å². The zero-order chi connectivity index (χ0) is 13.3. The van der Waals surface area contributed by atoms with Crippen LogP contribution in [0.1, 0.15) is 18.4 Å². The Morgan fingerprint density at radius 3 is 2.84 bits per heavy atom. The maximum absolute atomic E-state index is 12.5. The first-order chi connectivity index (χ1) is 9.18. The normalized spacial score (nSPS) is 21.7. The second-order valence-corrected chi connectivity index (χ2v) is 8.00. The number of H-pyrrole nitrogens is 1. The van der Waals surface area contributed by atoms with E-state index in [1.165, 1.54) is 12.8 Å². The maximum Gasteiger partial charge on any atom is 0.260 e. The van der Waals surface area contributed by atoms with Crippen molar-refractivity contribution in [2.75, 3.05) is 24.6 Å². The van der Waals surface area contributed by atoms with Gasteiger partial charge in [-0.3, -0.25) is 5.10 Å². The number of hydrogen-bond donors (Lipinski definition) is 2. The van der Waals surface area contributed by atoms with Crippen LogP contribution in [0, 0.1) is 0 Å². The summed E-state index contributed by atoms with van der Waals surface area (Å²) in [5.41, 5.74) is 0.741. The van der Waals surface area contributed by atoms with Gasteiger partial charge in [-0.05, 0) is 12.8 Å². The number of nitrogens with zero attached hydrogens (tertiary/aromatic N) is 2. The van der Waals surface area contributed by atoms with Crippen molar-refractivity contribution in [1.29, 1.82) is 0 Å². The van der Waals surface area contributed by atoms with Gasteiger partial charge in [-0.1, -0.05) is 0 Å². The van der Waals surface area contributed by atoms with Crippen LogP contribution >= 0.6 is 11.8 Å². The van der Waals surface area contributed by atoms with E-state index in [1.807, 2.05) is 0 Å². The summed E-state index contributed by atoms with van der Waals surface area (Å²) in [6.07, 6.45) is 3.98. The molecule has 0 atom stereocenters. The third kappa shape index (κ3) is 2.96. The Hall–Kier alpha value is -0.570. The van der Waals surface area contributed by atoms with E-state index in [0.29, 0.717) is 25.7 Å². The average Bonchev–Trinajstić information content (AvgIpc) is 3.13. The van der Waals surface area contributed by atoms with Crippen LogP contribution in [-0.2, 0) is 16.6 Å². The summed E-state index contributed by atoms with van der Waals surface area (Å²) in [6, 6.07) is 0.553. The molecule has 2 fully saturated rings. The summed E-state index contributed by atoms with van der Waals surface area (Å²) < 4.78 is 26.6. The van der Waals surface area contributed by atoms with Crippen molar-refractivity contribution in [2.24, 2.45) is 0 Å². The highest BCUT2D eigenvalue weighted by molar-refractivity contribution is 7.99. The van der Waals surface area contributed by atoms with Gasteiger partial charge in [0.05, 0.1) is 6.20 Å². The van der Waals surface area contributed by atoms with Crippen molar-refractivity contribution in [3.8, 4) is 0 Å². The molecular weight excluding hydrogens is 284 g/mol. The van der Waals surface area contributed by atoms with Crippen molar-refractivity contribution >= 4 is 21.8 Å². The fourth-order valence-electron chi connectivity index (χ4n) is 2.11. The minimum atomic E-state index is -3.41. The molecule has 1 aromatic rings. The van der Waals surface area contributed by atoms with Gasteiger partial charge < -0.3 is 5.32 Å². The molecule has 0 bridgehead atoms. The molecule has 0 spiro atoms. The Morgan fingerprint density at radius 1 is 1.42 bits per heavy atom. The molecule has 1 saturated heterocycles. The van der Waals surface area contributed by atoms with Crippen molar-refractivity contribution in [3.05, 3.63) is 11.8 Å². The summed E-state index contributed by atoms with van der Waals surface area (Å²) >= 11 is 1.79. The van der Waals surface area contributed by atoms with E-state index in [-0.39, 0.29) is 5.03 Å². The SMILES string of the molecule is O=S(=O)(c1[nH]ncc1CNC1CC1)N1CCSCC1. The van der Waals surface area contributed by atoms with Gasteiger partial charge in [-0.15, -0.1) is 0 Å². The summed E-state index contributed by atoms with van der Waals surface area (Å²) in [7, 11) is -3.41. The van der Waals surface area contributed by atoms with Gasteiger partial charge >= 0.3 is 0 Å². The minimum Gasteiger partial charge on any atom is -0.310 e. The molecule has 106 valence electrons. The molecule has 2 aliphatic rings. The third-order valence-corrected chi connectivity index (χ3v) is 6.26. The van der Waals surface area contributed by atoms with Crippen LogP contribution in [0.15, 0.2) is 11.2 Å². The lowest BCUT2D eigenvalue weighted by atomic mass is 10.3. The molecule has 1 aliphatic heterocycles. The van der Waals surface area contributed by atoms with E-state index < -0.39 is 10.0 Å². The monoisotopic (exact) mass is 302 g/mol. The number of aromatic amines is 1. The molecule has 0 radical (unpaired) electrons. The highest BCUT2D eigenvalue weighted by Gasteiger charge is 2.30. The first-order valence-corrected chi connectivity index (χ1v) is 9.11. The molecule has 0 amide bonds. The summed E-state index contributed by atoms with van der Waals surface area (Å²) in [5.74, 6) is 1.73. The van der Waals surface area contributed by atoms with Crippen LogP contribution in [0.25, 0.3) is 0 Å². The van der Waals surface area contributed by atoms with Crippen LogP contribution in [0.4, 0.5) is 0 Å². The number of hydrogen-bond acceptors (Lipinski definition) is 5. The molecule has 2 heterocycles. The Labute approximate surface area is 117 Å². The summed E-state index contributed by atoms with van der Waals surface area (Å²) in [6.45, 7) is 1.74. The predicted octanol–water partition coefficient (Wildman–Crippen LogP) is 0.399. The molecule has 0 unspecified atom stereocenters. The first-order valence-electron chi connectivity index (χ1n) is 6.51. The van der Waals surface area contributed by atoms with Crippen LogP contribution in [-0.4, -0.2) is 53.6 Å². The lowest BCUT2D eigenvalue weighted by Crippen LogP contribution is -2.38. The van der Waals surface area contributed by atoms with Crippen LogP contribution in [0.2, 0.25) is 0 Å². The minimum absolute atomic E-state index is 0.257. The average molecular weight is 302 g/mol. The van der Waals surface area contributed by atoms with Crippen molar-refractivity contribution in [2.45, 2.75) is 30.5 Å². The van der Waals surface area contributed by atoms with Gasteiger partial charge in [0.2, 0.25) is 0 Å². The van der Waals surface area contributed by atoms with E-state index in [1.54, 1.807) is 22.3 Å². The van der Waals surface area contributed by atoms with Gasteiger partial charge in [0.15, 0.2) is 5.03 Å². The predicted molar refractivity (Wildman–Crippen MR) is 74.5 cm³/mol. The van der Waals surface area contributed by atoms with Crippen LogP contribution in [0.5, 0.6) is 0 Å². The zero-order valence-electron chi connectivity index (χ0n) is 10.6. The highest BCUT2D eigenvalue weighted by atomic mass is 32.2. The van der Waals surface area contributed by atoms with E-state index in [9.17, 15) is 8.42 Å². The lowest BCUT2D eigenvalue weighted by molar-refractivity contribution is 0.440. The summed E-state index contributed by atoms with van der Waals surface area (Å²) in [4.78, 5) is 0. The van der Waals surface area contributed by atoms with E-state index in [0.717, 1.165) is 17.1 Å². The second kappa shape index (κ2) is 5.43. The largest absolute Gasteiger partial charge is 0.310 e. The molecule has 2 N–H and O–H groups in total. The molecule has 3 rings (SSSR count). The fraction of sp³-hybridized carbons (Fsp3) is 0.727.